The predicted octanol–water partition coefficient (Wildman–Crippen LogP) is 3.18. The van der Waals surface area contributed by atoms with Gasteiger partial charge in [0.25, 0.3) is 0 Å². The van der Waals surface area contributed by atoms with Gasteiger partial charge in [-0.05, 0) is 44.4 Å². The van der Waals surface area contributed by atoms with Crippen molar-refractivity contribution in [3.63, 3.8) is 0 Å². The Labute approximate surface area is 155 Å². The van der Waals surface area contributed by atoms with Crippen LogP contribution in [-0.4, -0.2) is 46.7 Å². The van der Waals surface area contributed by atoms with Crippen LogP contribution >= 0.6 is 0 Å². The van der Waals surface area contributed by atoms with E-state index in [9.17, 15) is 18.0 Å². The minimum atomic E-state index is -4.51. The Balaban J connectivity index is 1.52. The van der Waals surface area contributed by atoms with Crippen LogP contribution in [0.25, 0.3) is 0 Å². The van der Waals surface area contributed by atoms with Crippen molar-refractivity contribution in [2.75, 3.05) is 29.4 Å². The zero-order valence-electron chi connectivity index (χ0n) is 15.2. The van der Waals surface area contributed by atoms with Crippen LogP contribution in [0.1, 0.15) is 44.7 Å². The number of rotatable bonds is 3. The van der Waals surface area contributed by atoms with Gasteiger partial charge in [-0.15, -0.1) is 0 Å². The van der Waals surface area contributed by atoms with Crippen molar-refractivity contribution in [3.05, 3.63) is 11.8 Å². The summed E-state index contributed by atoms with van der Waals surface area (Å²) >= 11 is 0. The molecule has 9 heteroatoms. The van der Waals surface area contributed by atoms with E-state index in [1.807, 2.05) is 11.8 Å². The van der Waals surface area contributed by atoms with Gasteiger partial charge in [0.2, 0.25) is 5.95 Å². The molecule has 1 unspecified atom stereocenters. The highest BCUT2D eigenvalue weighted by atomic mass is 19.4. The van der Waals surface area contributed by atoms with Crippen LogP contribution in [0.3, 0.4) is 0 Å². The molecule has 0 amide bonds. The molecule has 1 aromatic rings. The Morgan fingerprint density at radius 2 is 1.89 bits per heavy atom. The number of aromatic nitrogens is 2. The van der Waals surface area contributed by atoms with Gasteiger partial charge in [-0.2, -0.15) is 18.2 Å². The molecule has 2 saturated heterocycles. The van der Waals surface area contributed by atoms with Gasteiger partial charge in [-0.3, -0.25) is 4.79 Å². The minimum absolute atomic E-state index is 0.0360. The largest absolute Gasteiger partial charge is 0.481 e. The molecule has 6 nitrogen and oxygen atoms in total. The summed E-state index contributed by atoms with van der Waals surface area (Å²) in [6.45, 7) is 3.81. The van der Waals surface area contributed by atoms with Gasteiger partial charge in [0.1, 0.15) is 5.82 Å². The highest BCUT2D eigenvalue weighted by molar-refractivity contribution is 5.71. The smallest absolute Gasteiger partial charge is 0.433 e. The lowest BCUT2D eigenvalue weighted by Gasteiger charge is -2.51. The van der Waals surface area contributed by atoms with Crippen molar-refractivity contribution < 1.29 is 23.1 Å². The molecule has 2 aliphatic heterocycles. The first kappa shape index (κ1) is 18.3. The van der Waals surface area contributed by atoms with Crippen LogP contribution < -0.4 is 9.80 Å². The summed E-state index contributed by atoms with van der Waals surface area (Å²) < 4.78 is 40.0. The molecule has 4 rings (SSSR count). The van der Waals surface area contributed by atoms with E-state index < -0.39 is 17.8 Å². The second-order valence-corrected chi connectivity index (χ2v) is 8.17. The standard InChI is InChI=1S/C18H23F3N4O2/c1-11-2-5-25(11)16-22-13(18(19,20)21)8-14(23-16)24-6-3-17(4-7-24)9-12(10-17)15(26)27/h8,11-12H,2-7,9-10H2,1H3,(H,26,27). The van der Waals surface area contributed by atoms with Crippen LogP contribution in [0.4, 0.5) is 24.9 Å². The summed E-state index contributed by atoms with van der Waals surface area (Å²) in [6.07, 6.45) is -0.671. The molecule has 3 aliphatic rings. The number of anilines is 2. The fourth-order valence-electron chi connectivity index (χ4n) is 4.45. The van der Waals surface area contributed by atoms with Crippen LogP contribution in [0.2, 0.25) is 0 Å². The zero-order chi connectivity index (χ0) is 19.4. The van der Waals surface area contributed by atoms with Crippen molar-refractivity contribution in [1.82, 2.24) is 9.97 Å². The maximum atomic E-state index is 13.3. The third-order valence-corrected chi connectivity index (χ3v) is 6.42. The number of hydrogen-bond acceptors (Lipinski definition) is 5. The Kier molecular flexibility index (Phi) is 4.23. The molecule has 0 bridgehead atoms. The summed E-state index contributed by atoms with van der Waals surface area (Å²) in [4.78, 5) is 22.9. The summed E-state index contributed by atoms with van der Waals surface area (Å²) in [6, 6.07) is 1.18. The number of hydrogen-bond donors (Lipinski definition) is 1. The summed E-state index contributed by atoms with van der Waals surface area (Å²) in [5, 5.41) is 9.08. The SMILES string of the molecule is CC1CCN1c1nc(N2CCC3(CC2)CC(C(=O)O)C3)cc(C(F)(F)F)n1. The quantitative estimate of drug-likeness (QED) is 0.863. The van der Waals surface area contributed by atoms with Crippen LogP contribution in [0, 0.1) is 11.3 Å². The zero-order valence-corrected chi connectivity index (χ0v) is 15.2. The van der Waals surface area contributed by atoms with Gasteiger partial charge in [0.15, 0.2) is 5.69 Å². The number of aliphatic carboxylic acids is 1. The van der Waals surface area contributed by atoms with Crippen molar-refractivity contribution in [3.8, 4) is 0 Å². The third kappa shape index (κ3) is 3.32. The molecule has 148 valence electrons. The van der Waals surface area contributed by atoms with Gasteiger partial charge in [0, 0.05) is 31.7 Å². The maximum absolute atomic E-state index is 13.3. The number of carboxylic acids is 1. The molecule has 1 N–H and O–H groups in total. The lowest BCUT2D eigenvalue weighted by atomic mass is 9.57. The van der Waals surface area contributed by atoms with E-state index in [1.54, 1.807) is 4.90 Å². The molecular formula is C18H23F3N4O2. The second kappa shape index (κ2) is 6.24. The Morgan fingerprint density at radius 1 is 1.22 bits per heavy atom. The van der Waals surface area contributed by atoms with Gasteiger partial charge in [-0.25, -0.2) is 4.98 Å². The molecule has 27 heavy (non-hydrogen) atoms. The second-order valence-electron chi connectivity index (χ2n) is 8.17. The van der Waals surface area contributed by atoms with Crippen LogP contribution in [0.15, 0.2) is 6.07 Å². The lowest BCUT2D eigenvalue weighted by molar-refractivity contribution is -0.151. The molecule has 1 aliphatic carbocycles. The Morgan fingerprint density at radius 3 is 2.37 bits per heavy atom. The van der Waals surface area contributed by atoms with E-state index >= 15 is 0 Å². The monoisotopic (exact) mass is 384 g/mol. The topological polar surface area (TPSA) is 69.6 Å². The van der Waals surface area contributed by atoms with E-state index in [-0.39, 0.29) is 23.3 Å². The number of carbonyl (C=O) groups is 1. The van der Waals surface area contributed by atoms with Crippen molar-refractivity contribution in [2.45, 2.75) is 51.2 Å². The molecule has 0 radical (unpaired) electrons. The summed E-state index contributed by atoms with van der Waals surface area (Å²) in [5.41, 5.74) is -0.870. The average molecular weight is 384 g/mol. The summed E-state index contributed by atoms with van der Waals surface area (Å²) in [5.74, 6) is -0.558. The summed E-state index contributed by atoms with van der Waals surface area (Å²) in [7, 11) is 0. The molecule has 1 atom stereocenters. The first-order valence-electron chi connectivity index (χ1n) is 9.38. The normalized spacial score (nSPS) is 25.3. The van der Waals surface area contributed by atoms with Gasteiger partial charge < -0.3 is 14.9 Å². The minimum Gasteiger partial charge on any atom is -0.481 e. The van der Waals surface area contributed by atoms with Gasteiger partial charge in [0.05, 0.1) is 5.92 Å². The number of nitrogens with zero attached hydrogens (tertiary/aromatic N) is 4. The molecule has 1 saturated carbocycles. The Hall–Kier alpha value is -2.06. The van der Waals surface area contributed by atoms with E-state index in [4.69, 9.17) is 5.11 Å². The van der Waals surface area contributed by atoms with Gasteiger partial charge >= 0.3 is 12.1 Å². The molecule has 1 aromatic heterocycles. The van der Waals surface area contributed by atoms with E-state index in [1.165, 1.54) is 0 Å². The van der Waals surface area contributed by atoms with E-state index in [2.05, 4.69) is 9.97 Å². The number of piperidine rings is 1. The number of carboxylic acid groups (broad SMARTS) is 1. The highest BCUT2D eigenvalue weighted by Gasteiger charge is 2.49. The fourth-order valence-corrected chi connectivity index (χ4v) is 4.45. The van der Waals surface area contributed by atoms with Gasteiger partial charge in [-0.1, -0.05) is 0 Å². The third-order valence-electron chi connectivity index (χ3n) is 6.42. The molecule has 3 fully saturated rings. The number of halogens is 3. The molecular weight excluding hydrogens is 361 g/mol. The number of alkyl halides is 3. The van der Waals surface area contributed by atoms with Crippen LogP contribution in [0.5, 0.6) is 0 Å². The van der Waals surface area contributed by atoms with Crippen molar-refractivity contribution in [1.29, 1.82) is 0 Å². The molecule has 0 aromatic carbocycles. The fraction of sp³-hybridized carbons (Fsp3) is 0.722. The van der Waals surface area contributed by atoms with Crippen molar-refractivity contribution >= 4 is 17.7 Å². The molecule has 1 spiro atoms. The predicted molar refractivity (Wildman–Crippen MR) is 92.7 cm³/mol. The Bertz CT molecular complexity index is 739. The van der Waals surface area contributed by atoms with Crippen LogP contribution in [-0.2, 0) is 11.0 Å². The first-order valence-corrected chi connectivity index (χ1v) is 9.38. The van der Waals surface area contributed by atoms with Crippen molar-refractivity contribution in [2.24, 2.45) is 11.3 Å². The molecule has 3 heterocycles. The first-order chi connectivity index (χ1) is 12.7. The van der Waals surface area contributed by atoms with E-state index in [0.29, 0.717) is 38.3 Å². The lowest BCUT2D eigenvalue weighted by Crippen LogP contribution is -2.49. The highest BCUT2D eigenvalue weighted by Crippen LogP contribution is 2.53. The average Bonchev–Trinajstić information content (AvgIpc) is 2.57. The maximum Gasteiger partial charge on any atom is 0.433 e. The van der Waals surface area contributed by atoms with E-state index in [0.717, 1.165) is 25.3 Å².